The second-order valence-corrected chi connectivity index (χ2v) is 9.02. The van der Waals surface area contributed by atoms with Crippen LogP contribution < -0.4 is 10.6 Å². The lowest BCUT2D eigenvalue weighted by Gasteiger charge is -2.16. The number of nitrogens with one attached hydrogen (secondary N) is 2. The van der Waals surface area contributed by atoms with Crippen LogP contribution >= 0.6 is 11.3 Å². The van der Waals surface area contributed by atoms with Crippen molar-refractivity contribution >= 4 is 33.1 Å². The topological polar surface area (TPSA) is 78.5 Å². The Morgan fingerprint density at radius 2 is 1.96 bits per heavy atom. The largest absolute Gasteiger partial charge is 0.338 e. The molecule has 0 aliphatic heterocycles. The molecule has 1 heterocycles. The average Bonchev–Trinajstić information content (AvgIpc) is 3.31. The summed E-state index contributed by atoms with van der Waals surface area (Å²) in [6.45, 7) is 0.547. The molecule has 1 aliphatic carbocycles. The Hall–Kier alpha value is -1.90. The number of hydrogen-bond donors (Lipinski definition) is 2. The standard InChI is InChI=1S/C17H21N3O3S2/c1-20(14-6-7-14)25(22,23)16-8-4-13(5-9-16)19-17(21)18-11-10-15-3-2-12-24-15/h2-5,8-9,12,14H,6-7,10-11H2,1H3,(H2,18,19,21). The third kappa shape index (κ3) is 4.59. The van der Waals surface area contributed by atoms with Crippen LogP contribution in [0.4, 0.5) is 10.5 Å². The van der Waals surface area contributed by atoms with E-state index >= 15 is 0 Å². The van der Waals surface area contributed by atoms with Gasteiger partial charge in [0.05, 0.1) is 4.90 Å². The summed E-state index contributed by atoms with van der Waals surface area (Å²) in [5.41, 5.74) is 0.557. The van der Waals surface area contributed by atoms with Crippen LogP contribution in [0.25, 0.3) is 0 Å². The van der Waals surface area contributed by atoms with E-state index in [9.17, 15) is 13.2 Å². The summed E-state index contributed by atoms with van der Waals surface area (Å²) in [6.07, 6.45) is 2.62. The third-order valence-corrected chi connectivity index (χ3v) is 6.95. The van der Waals surface area contributed by atoms with Gasteiger partial charge < -0.3 is 10.6 Å². The fourth-order valence-corrected chi connectivity index (χ4v) is 4.57. The Morgan fingerprint density at radius 1 is 1.24 bits per heavy atom. The second-order valence-electron chi connectivity index (χ2n) is 5.99. The first-order valence-corrected chi connectivity index (χ1v) is 10.4. The van der Waals surface area contributed by atoms with Crippen LogP contribution in [0.15, 0.2) is 46.7 Å². The maximum Gasteiger partial charge on any atom is 0.319 e. The molecule has 2 amide bonds. The molecular weight excluding hydrogens is 358 g/mol. The van der Waals surface area contributed by atoms with Crippen LogP contribution in [-0.4, -0.2) is 38.4 Å². The number of hydrogen-bond acceptors (Lipinski definition) is 4. The lowest BCUT2D eigenvalue weighted by Crippen LogP contribution is -2.30. The van der Waals surface area contributed by atoms with Crippen molar-refractivity contribution in [2.45, 2.75) is 30.2 Å². The number of rotatable bonds is 7. The Labute approximate surface area is 151 Å². The molecule has 0 saturated heterocycles. The molecule has 0 spiro atoms. The monoisotopic (exact) mass is 379 g/mol. The van der Waals surface area contributed by atoms with Crippen LogP contribution in [0.5, 0.6) is 0 Å². The molecule has 0 radical (unpaired) electrons. The summed E-state index contributed by atoms with van der Waals surface area (Å²) in [6, 6.07) is 10.1. The van der Waals surface area contributed by atoms with Crippen molar-refractivity contribution < 1.29 is 13.2 Å². The molecule has 8 heteroatoms. The van der Waals surface area contributed by atoms with Gasteiger partial charge >= 0.3 is 6.03 Å². The number of thiophene rings is 1. The summed E-state index contributed by atoms with van der Waals surface area (Å²) in [4.78, 5) is 13.3. The normalized spacial score (nSPS) is 14.5. The highest BCUT2D eigenvalue weighted by Crippen LogP contribution is 2.30. The summed E-state index contributed by atoms with van der Waals surface area (Å²) in [7, 11) is -1.84. The lowest BCUT2D eigenvalue weighted by molar-refractivity contribution is 0.252. The van der Waals surface area contributed by atoms with Crippen LogP contribution in [0.3, 0.4) is 0 Å². The number of carbonyl (C=O) groups is 1. The van der Waals surface area contributed by atoms with Gasteiger partial charge in [-0.25, -0.2) is 13.2 Å². The van der Waals surface area contributed by atoms with Crippen molar-refractivity contribution in [1.82, 2.24) is 9.62 Å². The Kier molecular flexibility index (Phi) is 5.41. The molecule has 1 saturated carbocycles. The minimum Gasteiger partial charge on any atom is -0.338 e. The predicted molar refractivity (Wildman–Crippen MR) is 99.5 cm³/mol. The fourth-order valence-electron chi connectivity index (χ4n) is 2.44. The molecule has 2 N–H and O–H groups in total. The van der Waals surface area contributed by atoms with Gasteiger partial charge in [-0.1, -0.05) is 6.07 Å². The molecule has 1 aromatic heterocycles. The highest BCUT2D eigenvalue weighted by atomic mass is 32.2. The quantitative estimate of drug-likeness (QED) is 0.776. The average molecular weight is 380 g/mol. The molecule has 0 bridgehead atoms. The van der Waals surface area contributed by atoms with Crippen LogP contribution in [0.2, 0.25) is 0 Å². The van der Waals surface area contributed by atoms with E-state index in [-0.39, 0.29) is 17.0 Å². The first kappa shape index (κ1) is 17.9. The predicted octanol–water partition coefficient (Wildman–Crippen LogP) is 2.90. The molecule has 0 unspecified atom stereocenters. The molecule has 1 aliphatic rings. The number of carbonyl (C=O) groups excluding carboxylic acids is 1. The summed E-state index contributed by atoms with van der Waals surface area (Å²) < 4.78 is 26.3. The summed E-state index contributed by atoms with van der Waals surface area (Å²) in [5, 5.41) is 7.50. The second kappa shape index (κ2) is 7.55. The van der Waals surface area contributed by atoms with Gasteiger partial charge in [-0.05, 0) is 55.0 Å². The highest BCUT2D eigenvalue weighted by Gasteiger charge is 2.34. The maximum absolute atomic E-state index is 12.4. The van der Waals surface area contributed by atoms with Gasteiger partial charge in [0.2, 0.25) is 10.0 Å². The SMILES string of the molecule is CN(C1CC1)S(=O)(=O)c1ccc(NC(=O)NCCc2cccs2)cc1. The van der Waals surface area contributed by atoms with Gasteiger partial charge in [0.1, 0.15) is 0 Å². The minimum atomic E-state index is -3.45. The van der Waals surface area contributed by atoms with Crippen molar-refractivity contribution in [2.24, 2.45) is 0 Å². The first-order chi connectivity index (χ1) is 12.0. The number of benzene rings is 1. The van der Waals surface area contributed by atoms with Crippen LogP contribution in [0.1, 0.15) is 17.7 Å². The lowest BCUT2D eigenvalue weighted by atomic mass is 10.3. The Morgan fingerprint density at radius 3 is 2.56 bits per heavy atom. The van der Waals surface area contributed by atoms with Crippen molar-refractivity contribution in [3.63, 3.8) is 0 Å². The molecule has 134 valence electrons. The van der Waals surface area contributed by atoms with E-state index in [1.54, 1.807) is 30.5 Å². The first-order valence-electron chi connectivity index (χ1n) is 8.12. The van der Waals surface area contributed by atoms with Crippen molar-refractivity contribution in [1.29, 1.82) is 0 Å². The molecule has 1 fully saturated rings. The fraction of sp³-hybridized carbons (Fsp3) is 0.353. The summed E-state index contributed by atoms with van der Waals surface area (Å²) in [5.74, 6) is 0. The third-order valence-electron chi connectivity index (χ3n) is 4.09. The number of sulfonamides is 1. The smallest absolute Gasteiger partial charge is 0.319 e. The number of nitrogens with zero attached hydrogens (tertiary/aromatic N) is 1. The number of anilines is 1. The van der Waals surface area contributed by atoms with E-state index in [0.29, 0.717) is 12.2 Å². The van der Waals surface area contributed by atoms with E-state index in [2.05, 4.69) is 10.6 Å². The molecule has 0 atom stereocenters. The zero-order valence-electron chi connectivity index (χ0n) is 13.9. The molecule has 2 aromatic rings. The molecule has 25 heavy (non-hydrogen) atoms. The molecule has 1 aromatic carbocycles. The van der Waals surface area contributed by atoms with Crippen LogP contribution in [-0.2, 0) is 16.4 Å². The molecule has 6 nitrogen and oxygen atoms in total. The van der Waals surface area contributed by atoms with E-state index in [1.807, 2.05) is 17.5 Å². The summed E-state index contributed by atoms with van der Waals surface area (Å²) >= 11 is 1.66. The highest BCUT2D eigenvalue weighted by molar-refractivity contribution is 7.89. The zero-order valence-corrected chi connectivity index (χ0v) is 15.6. The van der Waals surface area contributed by atoms with Gasteiger partial charge in [0.25, 0.3) is 0 Å². The van der Waals surface area contributed by atoms with Crippen molar-refractivity contribution in [2.75, 3.05) is 18.9 Å². The molecule has 3 rings (SSSR count). The van der Waals surface area contributed by atoms with Gasteiger partial charge in [0, 0.05) is 30.2 Å². The van der Waals surface area contributed by atoms with Gasteiger partial charge in [0.15, 0.2) is 0 Å². The van der Waals surface area contributed by atoms with E-state index < -0.39 is 10.0 Å². The molecular formula is C17H21N3O3S2. The number of urea groups is 1. The van der Waals surface area contributed by atoms with Crippen molar-refractivity contribution in [3.05, 3.63) is 46.7 Å². The zero-order chi connectivity index (χ0) is 17.9. The minimum absolute atomic E-state index is 0.122. The van der Waals surface area contributed by atoms with E-state index in [0.717, 1.165) is 19.3 Å². The van der Waals surface area contributed by atoms with Gasteiger partial charge in [-0.2, -0.15) is 4.31 Å². The Bertz CT molecular complexity index is 813. The van der Waals surface area contributed by atoms with Gasteiger partial charge in [-0.15, -0.1) is 11.3 Å². The van der Waals surface area contributed by atoms with Crippen molar-refractivity contribution in [3.8, 4) is 0 Å². The Balaban J connectivity index is 1.52. The van der Waals surface area contributed by atoms with E-state index in [1.165, 1.54) is 21.3 Å². The van der Waals surface area contributed by atoms with E-state index in [4.69, 9.17) is 0 Å². The number of amides is 2. The van der Waals surface area contributed by atoms with Crippen LogP contribution in [0, 0.1) is 0 Å². The maximum atomic E-state index is 12.4. The van der Waals surface area contributed by atoms with Gasteiger partial charge in [-0.3, -0.25) is 0 Å².